The van der Waals surface area contributed by atoms with Crippen molar-refractivity contribution >= 4 is 11.5 Å². The van der Waals surface area contributed by atoms with Crippen molar-refractivity contribution in [3.63, 3.8) is 0 Å². The number of anilines is 1. The lowest BCUT2D eigenvalue weighted by atomic mass is 9.92. The van der Waals surface area contributed by atoms with Crippen LogP contribution >= 0.6 is 0 Å². The maximum atomic E-state index is 4.86. The monoisotopic (exact) mass is 377 g/mol. The second-order valence-corrected chi connectivity index (χ2v) is 9.10. The Morgan fingerprint density at radius 3 is 2.36 bits per heavy atom. The van der Waals surface area contributed by atoms with Crippen LogP contribution < -0.4 is 4.90 Å². The number of aromatic nitrogens is 6. The fraction of sp³-hybridized carbons (Fsp3) is 0.571. The summed E-state index contributed by atoms with van der Waals surface area (Å²) >= 11 is 0. The van der Waals surface area contributed by atoms with Crippen LogP contribution in [0, 0.1) is 0 Å². The standard InChI is InChI=1S/C21H27N7/c1-21(2,3)16-6-7-17-24-25-19(28(17)26-16)15-8-12-27(13-9-15)20-18(14-4-5-14)22-10-11-23-20/h6-7,10-11,14-15H,4-5,8-9,12-13H2,1-3H3. The zero-order valence-corrected chi connectivity index (χ0v) is 16.8. The molecule has 0 amide bonds. The quantitative estimate of drug-likeness (QED) is 0.696. The van der Waals surface area contributed by atoms with Crippen LogP contribution in [0.15, 0.2) is 24.5 Å². The molecule has 0 bridgehead atoms. The number of fused-ring (bicyclic) bond motifs is 1. The second-order valence-electron chi connectivity index (χ2n) is 9.10. The highest BCUT2D eigenvalue weighted by Crippen LogP contribution is 2.43. The van der Waals surface area contributed by atoms with Crippen molar-refractivity contribution in [2.24, 2.45) is 0 Å². The molecule has 0 aromatic carbocycles. The molecule has 3 aromatic heterocycles. The summed E-state index contributed by atoms with van der Waals surface area (Å²) in [5.74, 6) is 3.06. The number of hydrogen-bond acceptors (Lipinski definition) is 6. The van der Waals surface area contributed by atoms with Crippen LogP contribution in [0.1, 0.15) is 75.5 Å². The Morgan fingerprint density at radius 2 is 1.64 bits per heavy atom. The second kappa shape index (κ2) is 6.50. The van der Waals surface area contributed by atoms with Gasteiger partial charge in [0.2, 0.25) is 0 Å². The Balaban J connectivity index is 1.37. The number of nitrogens with zero attached hydrogens (tertiary/aromatic N) is 7. The van der Waals surface area contributed by atoms with Crippen LogP contribution in [0.5, 0.6) is 0 Å². The lowest BCUT2D eigenvalue weighted by Gasteiger charge is -2.32. The summed E-state index contributed by atoms with van der Waals surface area (Å²) in [5.41, 5.74) is 3.08. The van der Waals surface area contributed by atoms with E-state index in [9.17, 15) is 0 Å². The van der Waals surface area contributed by atoms with Crippen molar-refractivity contribution < 1.29 is 0 Å². The van der Waals surface area contributed by atoms with E-state index >= 15 is 0 Å². The van der Waals surface area contributed by atoms with Crippen LogP contribution in [-0.2, 0) is 5.41 Å². The average molecular weight is 377 g/mol. The predicted octanol–water partition coefficient (Wildman–Crippen LogP) is 3.47. The summed E-state index contributed by atoms with van der Waals surface area (Å²) in [4.78, 5) is 11.7. The molecule has 2 fully saturated rings. The van der Waals surface area contributed by atoms with Crippen LogP contribution in [0.3, 0.4) is 0 Å². The van der Waals surface area contributed by atoms with E-state index in [4.69, 9.17) is 5.10 Å². The van der Waals surface area contributed by atoms with Crippen molar-refractivity contribution in [3.8, 4) is 0 Å². The van der Waals surface area contributed by atoms with E-state index in [1.165, 1.54) is 18.5 Å². The molecule has 0 atom stereocenters. The molecule has 7 nitrogen and oxygen atoms in total. The van der Waals surface area contributed by atoms with E-state index in [2.05, 4.69) is 51.9 Å². The summed E-state index contributed by atoms with van der Waals surface area (Å²) in [6.45, 7) is 8.49. The highest BCUT2D eigenvalue weighted by molar-refractivity contribution is 5.47. The maximum Gasteiger partial charge on any atom is 0.177 e. The van der Waals surface area contributed by atoms with E-state index in [1.807, 2.05) is 23.0 Å². The number of piperidine rings is 1. The molecule has 4 heterocycles. The fourth-order valence-corrected chi connectivity index (χ4v) is 4.04. The van der Waals surface area contributed by atoms with Gasteiger partial charge in [0.15, 0.2) is 17.3 Å². The van der Waals surface area contributed by atoms with Gasteiger partial charge in [0.25, 0.3) is 0 Å². The molecular weight excluding hydrogens is 350 g/mol. The Labute approximate surface area is 165 Å². The van der Waals surface area contributed by atoms with Crippen molar-refractivity contribution in [1.29, 1.82) is 0 Å². The first kappa shape index (κ1) is 17.5. The minimum atomic E-state index is 0.00425. The fourth-order valence-electron chi connectivity index (χ4n) is 4.04. The van der Waals surface area contributed by atoms with Gasteiger partial charge in [0.1, 0.15) is 0 Å². The molecular formula is C21H27N7. The maximum absolute atomic E-state index is 4.86. The summed E-state index contributed by atoms with van der Waals surface area (Å²) in [6, 6.07) is 4.09. The van der Waals surface area contributed by atoms with Gasteiger partial charge < -0.3 is 4.90 Å². The SMILES string of the molecule is CC(C)(C)c1ccc2nnc(C3CCN(c4nccnc4C4CC4)CC3)n2n1. The summed E-state index contributed by atoms with van der Waals surface area (Å²) in [7, 11) is 0. The highest BCUT2D eigenvalue weighted by atomic mass is 15.4. The third-order valence-corrected chi connectivity index (χ3v) is 5.89. The van der Waals surface area contributed by atoms with Gasteiger partial charge in [-0.05, 0) is 37.8 Å². The Hall–Kier alpha value is -2.57. The normalized spacial score (nSPS) is 18.8. The Morgan fingerprint density at radius 1 is 0.893 bits per heavy atom. The highest BCUT2D eigenvalue weighted by Gasteiger charge is 2.32. The largest absolute Gasteiger partial charge is 0.355 e. The molecule has 5 rings (SSSR count). The van der Waals surface area contributed by atoms with Gasteiger partial charge in [0, 0.05) is 42.7 Å². The molecule has 2 aliphatic rings. The first-order valence-corrected chi connectivity index (χ1v) is 10.3. The third-order valence-electron chi connectivity index (χ3n) is 5.89. The molecule has 1 saturated carbocycles. The number of rotatable bonds is 3. The van der Waals surface area contributed by atoms with Crippen molar-refractivity contribution in [2.75, 3.05) is 18.0 Å². The van der Waals surface area contributed by atoms with Gasteiger partial charge in [-0.1, -0.05) is 20.8 Å². The molecule has 1 aliphatic carbocycles. The van der Waals surface area contributed by atoms with Crippen LogP contribution in [0.2, 0.25) is 0 Å². The van der Waals surface area contributed by atoms with Gasteiger partial charge in [0.05, 0.1) is 11.4 Å². The topological polar surface area (TPSA) is 72.1 Å². The summed E-state index contributed by atoms with van der Waals surface area (Å²) < 4.78 is 1.96. The summed E-state index contributed by atoms with van der Waals surface area (Å²) in [6.07, 6.45) is 8.19. The Kier molecular flexibility index (Phi) is 4.07. The minimum absolute atomic E-state index is 0.00425. The molecule has 1 aliphatic heterocycles. The van der Waals surface area contributed by atoms with Gasteiger partial charge in [-0.3, -0.25) is 4.98 Å². The predicted molar refractivity (Wildman–Crippen MR) is 108 cm³/mol. The van der Waals surface area contributed by atoms with Crippen LogP contribution in [-0.4, -0.2) is 42.9 Å². The molecule has 3 aromatic rings. The van der Waals surface area contributed by atoms with Gasteiger partial charge in [-0.25, -0.2) is 4.98 Å². The smallest absolute Gasteiger partial charge is 0.177 e. The van der Waals surface area contributed by atoms with E-state index in [-0.39, 0.29) is 5.41 Å². The van der Waals surface area contributed by atoms with E-state index in [1.54, 1.807) is 0 Å². The summed E-state index contributed by atoms with van der Waals surface area (Å²) in [5, 5.41) is 13.7. The van der Waals surface area contributed by atoms with Crippen LogP contribution in [0.25, 0.3) is 5.65 Å². The van der Waals surface area contributed by atoms with Gasteiger partial charge in [-0.15, -0.1) is 10.2 Å². The zero-order valence-electron chi connectivity index (χ0n) is 16.8. The molecule has 0 N–H and O–H groups in total. The van der Waals surface area contributed by atoms with Crippen molar-refractivity contribution in [2.45, 2.75) is 63.7 Å². The van der Waals surface area contributed by atoms with E-state index in [0.29, 0.717) is 11.8 Å². The lowest BCUT2D eigenvalue weighted by molar-refractivity contribution is 0.469. The van der Waals surface area contributed by atoms with Crippen molar-refractivity contribution in [1.82, 2.24) is 29.8 Å². The molecule has 7 heteroatoms. The molecule has 0 spiro atoms. The van der Waals surface area contributed by atoms with Crippen molar-refractivity contribution in [3.05, 3.63) is 41.7 Å². The minimum Gasteiger partial charge on any atom is -0.355 e. The van der Waals surface area contributed by atoms with E-state index in [0.717, 1.165) is 48.9 Å². The van der Waals surface area contributed by atoms with Gasteiger partial charge in [-0.2, -0.15) is 9.61 Å². The first-order chi connectivity index (χ1) is 13.5. The van der Waals surface area contributed by atoms with E-state index < -0.39 is 0 Å². The molecule has 0 radical (unpaired) electrons. The molecule has 28 heavy (non-hydrogen) atoms. The first-order valence-electron chi connectivity index (χ1n) is 10.3. The zero-order chi connectivity index (χ0) is 19.3. The third kappa shape index (κ3) is 3.12. The van der Waals surface area contributed by atoms with Gasteiger partial charge >= 0.3 is 0 Å². The Bertz CT molecular complexity index is 991. The molecule has 0 unspecified atom stereocenters. The van der Waals surface area contributed by atoms with Crippen LogP contribution in [0.4, 0.5) is 5.82 Å². The molecule has 1 saturated heterocycles. The lowest BCUT2D eigenvalue weighted by Crippen LogP contribution is -2.35. The number of hydrogen-bond donors (Lipinski definition) is 0. The average Bonchev–Trinajstić information content (AvgIpc) is 3.46. The molecule has 146 valence electrons.